The molecule has 0 radical (unpaired) electrons. The lowest BCUT2D eigenvalue weighted by Crippen LogP contribution is -2.49. The minimum Gasteiger partial charge on any atom is -0.451 e. The Hall–Kier alpha value is -3.07. The molecule has 0 saturated heterocycles. The first-order valence-corrected chi connectivity index (χ1v) is 7.89. The van der Waals surface area contributed by atoms with Gasteiger partial charge in [0.05, 0.1) is 36.9 Å². The molecule has 0 unspecified atom stereocenters. The fourth-order valence-electron chi connectivity index (χ4n) is 2.80. The largest absolute Gasteiger partial charge is 0.451 e. The van der Waals surface area contributed by atoms with Crippen LogP contribution in [0.4, 0.5) is 0 Å². The van der Waals surface area contributed by atoms with E-state index >= 15 is 0 Å². The van der Waals surface area contributed by atoms with Crippen molar-refractivity contribution in [2.24, 2.45) is 0 Å². The van der Waals surface area contributed by atoms with Gasteiger partial charge in [-0.15, -0.1) is 0 Å². The van der Waals surface area contributed by atoms with Gasteiger partial charge in [0.2, 0.25) is 0 Å². The summed E-state index contributed by atoms with van der Waals surface area (Å²) in [5.41, 5.74) is 1.72. The fraction of sp³-hybridized carbons (Fsp3) is 0.312. The summed E-state index contributed by atoms with van der Waals surface area (Å²) in [6.07, 6.45) is 8.14. The van der Waals surface area contributed by atoms with E-state index in [9.17, 15) is 9.90 Å². The molecule has 3 aromatic rings. The van der Waals surface area contributed by atoms with Gasteiger partial charge < -0.3 is 14.4 Å². The number of amides is 1. The van der Waals surface area contributed by atoms with Gasteiger partial charge in [0.15, 0.2) is 12.1 Å². The highest BCUT2D eigenvalue weighted by Gasteiger charge is 2.36. The number of carbonyl (C=O) groups excluding carboxylic acids is 1. The first kappa shape index (κ1) is 15.5. The Labute approximate surface area is 142 Å². The molecular weight excluding hydrogens is 324 g/mol. The number of aliphatic hydroxyl groups excluding tert-OH is 1. The zero-order chi connectivity index (χ0) is 17.2. The Balaban J connectivity index is 1.53. The summed E-state index contributed by atoms with van der Waals surface area (Å²) in [6, 6.07) is 3.64. The van der Waals surface area contributed by atoms with Gasteiger partial charge in [0, 0.05) is 6.04 Å². The van der Waals surface area contributed by atoms with Crippen LogP contribution < -0.4 is 0 Å². The number of oxazole rings is 1. The average molecular weight is 340 g/mol. The standard InChI is InChI=1S/C16H16N6O3/c23-14-5-13(6-14)21(16(24)15-9-25-10-18-15)8-11-1-2-12(7-17-11)22-19-3-4-20-22/h1-4,7,9-10,13-14,23H,5-6,8H2. The summed E-state index contributed by atoms with van der Waals surface area (Å²) in [4.78, 5) is 24.1. The zero-order valence-corrected chi connectivity index (χ0v) is 13.3. The third kappa shape index (κ3) is 3.13. The molecule has 1 amide bonds. The maximum atomic E-state index is 12.7. The van der Waals surface area contributed by atoms with Gasteiger partial charge in [-0.3, -0.25) is 9.78 Å². The molecule has 1 aliphatic rings. The van der Waals surface area contributed by atoms with E-state index < -0.39 is 0 Å². The van der Waals surface area contributed by atoms with Crippen LogP contribution in [0.2, 0.25) is 0 Å². The van der Waals surface area contributed by atoms with Crippen molar-refractivity contribution in [3.63, 3.8) is 0 Å². The summed E-state index contributed by atoms with van der Waals surface area (Å²) in [7, 11) is 0. The minimum absolute atomic E-state index is 0.0338. The van der Waals surface area contributed by atoms with Crippen LogP contribution in [0.25, 0.3) is 5.69 Å². The van der Waals surface area contributed by atoms with Gasteiger partial charge in [-0.2, -0.15) is 15.0 Å². The zero-order valence-electron chi connectivity index (χ0n) is 13.3. The number of rotatable bonds is 5. The molecule has 1 saturated carbocycles. The van der Waals surface area contributed by atoms with Crippen molar-refractivity contribution in [3.8, 4) is 5.69 Å². The molecule has 9 heteroatoms. The van der Waals surface area contributed by atoms with E-state index in [2.05, 4.69) is 20.2 Å². The second-order valence-corrected chi connectivity index (χ2v) is 5.91. The Morgan fingerprint density at radius 2 is 2.08 bits per heavy atom. The van der Waals surface area contributed by atoms with Crippen LogP contribution in [-0.4, -0.2) is 53.0 Å². The lowest BCUT2D eigenvalue weighted by atomic mass is 9.87. The quantitative estimate of drug-likeness (QED) is 0.732. The van der Waals surface area contributed by atoms with Crippen molar-refractivity contribution in [1.82, 2.24) is 29.9 Å². The van der Waals surface area contributed by atoms with Crippen molar-refractivity contribution in [3.05, 3.63) is 54.8 Å². The summed E-state index contributed by atoms with van der Waals surface area (Å²) in [5.74, 6) is -0.231. The molecule has 128 valence electrons. The number of aromatic nitrogens is 5. The highest BCUT2D eigenvalue weighted by molar-refractivity contribution is 5.92. The minimum atomic E-state index is -0.362. The predicted octanol–water partition coefficient (Wildman–Crippen LogP) is 0.816. The molecule has 0 bridgehead atoms. The van der Waals surface area contributed by atoms with Gasteiger partial charge in [-0.25, -0.2) is 4.98 Å². The Morgan fingerprint density at radius 1 is 1.28 bits per heavy atom. The topological polar surface area (TPSA) is 110 Å². The maximum Gasteiger partial charge on any atom is 0.276 e. The van der Waals surface area contributed by atoms with Crippen LogP contribution in [0.5, 0.6) is 0 Å². The van der Waals surface area contributed by atoms with Gasteiger partial charge in [0.1, 0.15) is 12.0 Å². The van der Waals surface area contributed by atoms with Crippen molar-refractivity contribution in [2.75, 3.05) is 0 Å². The van der Waals surface area contributed by atoms with E-state index in [-0.39, 0.29) is 23.7 Å². The molecule has 3 heterocycles. The Bertz CT molecular complexity index is 825. The van der Waals surface area contributed by atoms with E-state index in [0.29, 0.717) is 19.4 Å². The van der Waals surface area contributed by atoms with Crippen molar-refractivity contribution < 1.29 is 14.3 Å². The third-order valence-electron chi connectivity index (χ3n) is 4.23. The summed E-state index contributed by atoms with van der Waals surface area (Å²) < 4.78 is 4.91. The van der Waals surface area contributed by atoms with Crippen molar-refractivity contribution in [2.45, 2.75) is 31.5 Å². The second-order valence-electron chi connectivity index (χ2n) is 5.91. The molecule has 0 aromatic carbocycles. The molecule has 9 nitrogen and oxygen atoms in total. The van der Waals surface area contributed by atoms with Gasteiger partial charge >= 0.3 is 0 Å². The molecule has 25 heavy (non-hydrogen) atoms. The Kier molecular flexibility index (Phi) is 3.98. The van der Waals surface area contributed by atoms with Crippen LogP contribution in [0.15, 0.2) is 47.8 Å². The summed E-state index contributed by atoms with van der Waals surface area (Å²) in [5, 5.41) is 17.7. The average Bonchev–Trinajstić information content (AvgIpc) is 3.30. The smallest absolute Gasteiger partial charge is 0.276 e. The second kappa shape index (κ2) is 6.44. The predicted molar refractivity (Wildman–Crippen MR) is 84.6 cm³/mol. The Morgan fingerprint density at radius 3 is 2.68 bits per heavy atom. The number of aliphatic hydroxyl groups is 1. The SMILES string of the molecule is O=C(c1cocn1)N(Cc1ccc(-n2nccn2)cn1)C1CC(O)C1. The summed E-state index contributed by atoms with van der Waals surface area (Å²) >= 11 is 0. The molecule has 1 fully saturated rings. The van der Waals surface area contributed by atoms with Gasteiger partial charge in [-0.1, -0.05) is 0 Å². The van der Waals surface area contributed by atoms with E-state index in [1.165, 1.54) is 17.5 Å². The first-order valence-electron chi connectivity index (χ1n) is 7.89. The van der Waals surface area contributed by atoms with E-state index in [0.717, 1.165) is 11.4 Å². The van der Waals surface area contributed by atoms with E-state index in [4.69, 9.17) is 4.42 Å². The van der Waals surface area contributed by atoms with Crippen LogP contribution in [0.3, 0.4) is 0 Å². The first-order chi connectivity index (χ1) is 12.2. The highest BCUT2D eigenvalue weighted by atomic mass is 16.3. The molecular formula is C16H16N6O3. The lowest BCUT2D eigenvalue weighted by molar-refractivity contribution is 0.00152. The van der Waals surface area contributed by atoms with Crippen molar-refractivity contribution in [1.29, 1.82) is 0 Å². The monoisotopic (exact) mass is 340 g/mol. The van der Waals surface area contributed by atoms with Crippen LogP contribution in [-0.2, 0) is 6.54 Å². The fourth-order valence-corrected chi connectivity index (χ4v) is 2.80. The lowest BCUT2D eigenvalue weighted by Gasteiger charge is -2.40. The molecule has 4 rings (SSSR count). The van der Waals surface area contributed by atoms with E-state index in [1.807, 2.05) is 12.1 Å². The number of nitrogens with zero attached hydrogens (tertiary/aromatic N) is 6. The molecule has 1 aliphatic carbocycles. The van der Waals surface area contributed by atoms with Gasteiger partial charge in [-0.05, 0) is 25.0 Å². The molecule has 0 aliphatic heterocycles. The van der Waals surface area contributed by atoms with Crippen molar-refractivity contribution >= 4 is 5.91 Å². The number of carbonyl (C=O) groups is 1. The normalized spacial score (nSPS) is 19.4. The molecule has 3 aromatic heterocycles. The van der Waals surface area contributed by atoms with E-state index in [1.54, 1.807) is 23.5 Å². The molecule has 0 spiro atoms. The van der Waals surface area contributed by atoms with Crippen LogP contribution >= 0.6 is 0 Å². The van der Waals surface area contributed by atoms with Crippen LogP contribution in [0.1, 0.15) is 29.0 Å². The number of hydrogen-bond donors (Lipinski definition) is 1. The van der Waals surface area contributed by atoms with Gasteiger partial charge in [0.25, 0.3) is 5.91 Å². The third-order valence-corrected chi connectivity index (χ3v) is 4.23. The number of pyridine rings is 1. The number of hydrogen-bond acceptors (Lipinski definition) is 7. The van der Waals surface area contributed by atoms with Crippen LogP contribution in [0, 0.1) is 0 Å². The summed E-state index contributed by atoms with van der Waals surface area (Å²) in [6.45, 7) is 0.329. The molecule has 1 N–H and O–H groups in total. The maximum absolute atomic E-state index is 12.7. The molecule has 0 atom stereocenters. The highest BCUT2D eigenvalue weighted by Crippen LogP contribution is 2.28.